The highest BCUT2D eigenvalue weighted by molar-refractivity contribution is 9.10. The van der Waals surface area contributed by atoms with Crippen molar-refractivity contribution in [3.05, 3.63) is 64.1 Å². The minimum absolute atomic E-state index is 0.293. The third kappa shape index (κ3) is 3.85. The van der Waals surface area contributed by atoms with Gasteiger partial charge in [0, 0.05) is 10.2 Å². The summed E-state index contributed by atoms with van der Waals surface area (Å²) >= 11 is 3.40. The van der Waals surface area contributed by atoms with Crippen molar-refractivity contribution < 1.29 is 9.53 Å². The molecule has 1 unspecified atom stereocenters. The van der Waals surface area contributed by atoms with E-state index in [1.54, 1.807) is 0 Å². The van der Waals surface area contributed by atoms with Gasteiger partial charge < -0.3 is 10.1 Å². The van der Waals surface area contributed by atoms with E-state index in [2.05, 4.69) is 28.2 Å². The van der Waals surface area contributed by atoms with Gasteiger partial charge in [0.15, 0.2) is 6.04 Å². The molecule has 0 bridgehead atoms. The molecule has 0 aliphatic heterocycles. The summed E-state index contributed by atoms with van der Waals surface area (Å²) in [5.41, 5.74) is 2.96. The summed E-state index contributed by atoms with van der Waals surface area (Å²) in [6, 6.07) is 15.1. The second kappa shape index (κ2) is 7.27. The maximum atomic E-state index is 12.2. The zero-order valence-electron chi connectivity index (χ0n) is 12.1. The highest BCUT2D eigenvalue weighted by Crippen LogP contribution is 2.25. The monoisotopic (exact) mass is 347 g/mol. The van der Waals surface area contributed by atoms with Crippen molar-refractivity contribution >= 4 is 27.6 Å². The predicted molar refractivity (Wildman–Crippen MR) is 88.3 cm³/mol. The molecule has 2 aromatic rings. The van der Waals surface area contributed by atoms with Crippen molar-refractivity contribution in [2.24, 2.45) is 0 Å². The number of rotatable bonds is 5. The van der Waals surface area contributed by atoms with Crippen molar-refractivity contribution in [2.75, 3.05) is 12.4 Å². The molecule has 0 fully saturated rings. The third-order valence-corrected chi connectivity index (χ3v) is 3.87. The Hall–Kier alpha value is -1.81. The van der Waals surface area contributed by atoms with E-state index >= 15 is 0 Å². The number of carbonyl (C=O) groups is 1. The molecule has 0 saturated carbocycles. The maximum absolute atomic E-state index is 12.2. The van der Waals surface area contributed by atoms with Gasteiger partial charge in [-0.3, -0.25) is 0 Å². The van der Waals surface area contributed by atoms with Gasteiger partial charge in [0.2, 0.25) is 0 Å². The molecule has 0 aliphatic carbocycles. The Kier molecular flexibility index (Phi) is 5.39. The first kappa shape index (κ1) is 15.6. The maximum Gasteiger partial charge on any atom is 0.332 e. The van der Waals surface area contributed by atoms with Gasteiger partial charge in [0.05, 0.1) is 7.11 Å². The second-order valence-corrected chi connectivity index (χ2v) is 5.58. The normalized spacial score (nSPS) is 11.8. The molecule has 4 heteroatoms. The topological polar surface area (TPSA) is 38.3 Å². The van der Waals surface area contributed by atoms with Crippen LogP contribution in [-0.2, 0) is 16.0 Å². The molecule has 0 radical (unpaired) electrons. The van der Waals surface area contributed by atoms with Crippen molar-refractivity contribution in [3.63, 3.8) is 0 Å². The lowest BCUT2D eigenvalue weighted by Gasteiger charge is -2.20. The Morgan fingerprint density at radius 1 is 1.19 bits per heavy atom. The minimum atomic E-state index is -0.507. The molecule has 3 nitrogen and oxygen atoms in total. The van der Waals surface area contributed by atoms with E-state index < -0.39 is 6.04 Å². The highest BCUT2D eigenvalue weighted by Gasteiger charge is 2.23. The predicted octanol–water partition coefficient (Wildman–Crippen LogP) is 4.34. The number of carbonyl (C=O) groups excluding carboxylic acids is 1. The number of esters is 1. The van der Waals surface area contributed by atoms with E-state index in [0.29, 0.717) is 0 Å². The Labute approximate surface area is 133 Å². The van der Waals surface area contributed by atoms with Crippen molar-refractivity contribution in [1.29, 1.82) is 0 Å². The molecule has 0 amide bonds. The molecule has 0 aromatic heterocycles. The highest BCUT2D eigenvalue weighted by atomic mass is 79.9. The lowest BCUT2D eigenvalue weighted by atomic mass is 9.98. The van der Waals surface area contributed by atoms with Crippen LogP contribution < -0.4 is 5.32 Å². The molecule has 21 heavy (non-hydrogen) atoms. The summed E-state index contributed by atoms with van der Waals surface area (Å²) < 4.78 is 5.95. The molecule has 1 atom stereocenters. The third-order valence-electron chi connectivity index (χ3n) is 3.34. The summed E-state index contributed by atoms with van der Waals surface area (Å²) in [7, 11) is 1.41. The van der Waals surface area contributed by atoms with Crippen LogP contribution in [-0.4, -0.2) is 13.1 Å². The molecule has 0 spiro atoms. The van der Waals surface area contributed by atoms with Gasteiger partial charge in [-0.05, 0) is 41.8 Å². The van der Waals surface area contributed by atoms with E-state index in [9.17, 15) is 4.79 Å². The molecule has 0 aliphatic rings. The zero-order chi connectivity index (χ0) is 15.2. The first-order valence-electron chi connectivity index (χ1n) is 6.83. The quantitative estimate of drug-likeness (QED) is 0.817. The Morgan fingerprint density at radius 3 is 2.48 bits per heavy atom. The largest absolute Gasteiger partial charge is 0.467 e. The minimum Gasteiger partial charge on any atom is -0.467 e. The number of methoxy groups -OCH3 is 1. The van der Waals surface area contributed by atoms with Crippen LogP contribution in [0.4, 0.5) is 5.69 Å². The van der Waals surface area contributed by atoms with E-state index in [1.165, 1.54) is 7.11 Å². The van der Waals surface area contributed by atoms with Crippen LogP contribution in [0.2, 0.25) is 0 Å². The number of benzene rings is 2. The van der Waals surface area contributed by atoms with E-state index in [0.717, 1.165) is 27.7 Å². The summed E-state index contributed by atoms with van der Waals surface area (Å²) in [5, 5.41) is 3.25. The van der Waals surface area contributed by atoms with Gasteiger partial charge in [0.1, 0.15) is 0 Å². The SMILES string of the molecule is CCc1ccccc1C(Nc1ccc(Br)cc1)C(=O)OC. The number of anilines is 1. The summed E-state index contributed by atoms with van der Waals surface area (Å²) in [6.45, 7) is 2.08. The molecule has 1 N–H and O–H groups in total. The number of halogens is 1. The molecular weight excluding hydrogens is 330 g/mol. The van der Waals surface area contributed by atoms with Crippen LogP contribution in [0.5, 0.6) is 0 Å². The van der Waals surface area contributed by atoms with Crippen LogP contribution in [0.15, 0.2) is 53.0 Å². The summed E-state index contributed by atoms with van der Waals surface area (Å²) in [6.07, 6.45) is 0.867. The Bertz CT molecular complexity index is 610. The first-order valence-corrected chi connectivity index (χ1v) is 7.62. The smallest absolute Gasteiger partial charge is 0.332 e. The zero-order valence-corrected chi connectivity index (χ0v) is 13.7. The van der Waals surface area contributed by atoms with E-state index in [-0.39, 0.29) is 5.97 Å². The number of aryl methyl sites for hydroxylation is 1. The lowest BCUT2D eigenvalue weighted by molar-refractivity contribution is -0.141. The first-order chi connectivity index (χ1) is 10.2. The number of hydrogen-bond donors (Lipinski definition) is 1. The van der Waals surface area contributed by atoms with Crippen molar-refractivity contribution in [1.82, 2.24) is 0 Å². The summed E-state index contributed by atoms with van der Waals surface area (Å²) in [4.78, 5) is 12.2. The van der Waals surface area contributed by atoms with Crippen LogP contribution in [0.3, 0.4) is 0 Å². The van der Waals surface area contributed by atoms with Crippen molar-refractivity contribution in [2.45, 2.75) is 19.4 Å². The molecule has 0 saturated heterocycles. The lowest BCUT2D eigenvalue weighted by Crippen LogP contribution is -2.23. The second-order valence-electron chi connectivity index (χ2n) is 4.66. The van der Waals surface area contributed by atoms with E-state index in [4.69, 9.17) is 4.74 Å². The fraction of sp³-hybridized carbons (Fsp3) is 0.235. The van der Waals surface area contributed by atoms with Crippen LogP contribution >= 0.6 is 15.9 Å². The molecular formula is C17H18BrNO2. The molecule has 2 aromatic carbocycles. The Morgan fingerprint density at radius 2 is 1.86 bits per heavy atom. The van der Waals surface area contributed by atoms with E-state index in [1.807, 2.05) is 48.5 Å². The van der Waals surface area contributed by atoms with Gasteiger partial charge in [-0.2, -0.15) is 0 Å². The average molecular weight is 348 g/mol. The average Bonchev–Trinajstić information content (AvgIpc) is 2.53. The molecule has 2 rings (SSSR count). The van der Waals surface area contributed by atoms with Crippen LogP contribution in [0.1, 0.15) is 24.1 Å². The fourth-order valence-corrected chi connectivity index (χ4v) is 2.50. The number of nitrogens with one attached hydrogen (secondary N) is 1. The van der Waals surface area contributed by atoms with Gasteiger partial charge >= 0.3 is 5.97 Å². The molecule has 0 heterocycles. The number of ether oxygens (including phenoxy) is 1. The van der Waals surface area contributed by atoms with Crippen LogP contribution in [0.25, 0.3) is 0 Å². The van der Waals surface area contributed by atoms with Gasteiger partial charge in [0.25, 0.3) is 0 Å². The van der Waals surface area contributed by atoms with Gasteiger partial charge in [-0.1, -0.05) is 47.1 Å². The summed E-state index contributed by atoms with van der Waals surface area (Å²) in [5.74, 6) is -0.293. The van der Waals surface area contributed by atoms with Gasteiger partial charge in [-0.15, -0.1) is 0 Å². The van der Waals surface area contributed by atoms with Crippen molar-refractivity contribution in [3.8, 4) is 0 Å². The number of hydrogen-bond acceptors (Lipinski definition) is 3. The van der Waals surface area contributed by atoms with Crippen LogP contribution in [0, 0.1) is 0 Å². The molecule has 110 valence electrons. The van der Waals surface area contributed by atoms with Gasteiger partial charge in [-0.25, -0.2) is 4.79 Å². The fourth-order valence-electron chi connectivity index (χ4n) is 2.23. The standard InChI is InChI=1S/C17H18BrNO2/c1-3-12-6-4-5-7-15(12)16(17(20)21-2)19-14-10-8-13(18)9-11-14/h4-11,16,19H,3H2,1-2H3. The Balaban J connectivity index is 2.34.